The van der Waals surface area contributed by atoms with Gasteiger partial charge < -0.3 is 19.1 Å². The van der Waals surface area contributed by atoms with Crippen molar-refractivity contribution in [1.82, 2.24) is 5.16 Å². The van der Waals surface area contributed by atoms with Gasteiger partial charge in [0, 0.05) is 12.1 Å². The summed E-state index contributed by atoms with van der Waals surface area (Å²) in [5, 5.41) is 12.3. The molecule has 1 N–H and O–H groups in total. The van der Waals surface area contributed by atoms with Crippen molar-refractivity contribution in [3.8, 4) is 22.8 Å². The second-order valence-corrected chi connectivity index (χ2v) is 4.42. The highest BCUT2D eigenvalue weighted by Gasteiger charge is 2.17. The molecular weight excluding hydrogens is 318 g/mol. The molecule has 1 aromatic heterocycles. The van der Waals surface area contributed by atoms with E-state index < -0.39 is 5.97 Å². The van der Waals surface area contributed by atoms with E-state index in [-0.39, 0.29) is 5.69 Å². The molecule has 1 aromatic carbocycles. The number of halogens is 1. The Morgan fingerprint density at radius 1 is 1.26 bits per heavy atom. The third-order valence-electron chi connectivity index (χ3n) is 2.47. The molecule has 0 fully saturated rings. The lowest BCUT2D eigenvalue weighted by Crippen LogP contribution is -1.94. The van der Waals surface area contributed by atoms with Crippen molar-refractivity contribution in [3.05, 3.63) is 28.4 Å². The van der Waals surface area contributed by atoms with Gasteiger partial charge in [0.25, 0.3) is 0 Å². The molecule has 0 aliphatic carbocycles. The van der Waals surface area contributed by atoms with Gasteiger partial charge in [0.05, 0.1) is 24.3 Å². The summed E-state index contributed by atoms with van der Waals surface area (Å²) in [7, 11) is 3.04. The van der Waals surface area contributed by atoms with Crippen molar-refractivity contribution in [3.63, 3.8) is 0 Å². The minimum atomic E-state index is -1.15. The number of carbonyl (C=O) groups is 1. The summed E-state index contributed by atoms with van der Waals surface area (Å²) in [6.07, 6.45) is 0. The van der Waals surface area contributed by atoms with Crippen molar-refractivity contribution >= 4 is 21.9 Å². The monoisotopic (exact) mass is 327 g/mol. The zero-order chi connectivity index (χ0) is 14.0. The molecule has 19 heavy (non-hydrogen) atoms. The van der Waals surface area contributed by atoms with Crippen LogP contribution >= 0.6 is 15.9 Å². The van der Waals surface area contributed by atoms with E-state index in [1.54, 1.807) is 12.1 Å². The Morgan fingerprint density at radius 3 is 2.47 bits per heavy atom. The van der Waals surface area contributed by atoms with Gasteiger partial charge in [-0.1, -0.05) is 5.16 Å². The van der Waals surface area contributed by atoms with Gasteiger partial charge in [-0.15, -0.1) is 0 Å². The molecule has 0 atom stereocenters. The Kier molecular flexibility index (Phi) is 3.75. The van der Waals surface area contributed by atoms with Crippen LogP contribution in [0.3, 0.4) is 0 Å². The molecule has 1 heterocycles. The third kappa shape index (κ3) is 2.55. The van der Waals surface area contributed by atoms with Gasteiger partial charge in [0.2, 0.25) is 0 Å². The second-order valence-electron chi connectivity index (χ2n) is 3.57. The summed E-state index contributed by atoms with van der Waals surface area (Å²) in [6.45, 7) is 0. The van der Waals surface area contributed by atoms with E-state index in [2.05, 4.69) is 21.1 Å². The summed E-state index contributed by atoms with van der Waals surface area (Å²) in [5.74, 6) is 0.242. The maximum atomic E-state index is 10.8. The highest BCUT2D eigenvalue weighted by Crippen LogP contribution is 2.38. The Bertz CT molecular complexity index is 623. The van der Waals surface area contributed by atoms with Crippen LogP contribution in [0, 0.1) is 0 Å². The van der Waals surface area contributed by atoms with E-state index in [1.807, 2.05) is 0 Å². The molecule has 6 nitrogen and oxygen atoms in total. The average Bonchev–Trinajstić information content (AvgIpc) is 2.88. The summed E-state index contributed by atoms with van der Waals surface area (Å²) in [5.41, 5.74) is 0.416. The summed E-state index contributed by atoms with van der Waals surface area (Å²) in [4.78, 5) is 10.8. The van der Waals surface area contributed by atoms with E-state index in [0.717, 1.165) is 0 Å². The standard InChI is InChI=1S/C12H10BrNO5/c1-17-9-5-11(18-2)7(13)3-6(9)10-4-8(12(15)16)14-19-10/h3-5H,1-2H3,(H,15,16). The number of aromatic nitrogens is 1. The number of hydrogen-bond acceptors (Lipinski definition) is 5. The van der Waals surface area contributed by atoms with Gasteiger partial charge in [-0.3, -0.25) is 0 Å². The SMILES string of the molecule is COc1cc(OC)c(-c2cc(C(=O)O)no2)cc1Br. The van der Waals surface area contributed by atoms with Gasteiger partial charge in [-0.05, 0) is 22.0 Å². The lowest BCUT2D eigenvalue weighted by atomic mass is 10.1. The molecular formula is C12H10BrNO5. The van der Waals surface area contributed by atoms with Crippen LogP contribution in [0.1, 0.15) is 10.5 Å². The quantitative estimate of drug-likeness (QED) is 0.929. The molecule has 7 heteroatoms. The lowest BCUT2D eigenvalue weighted by molar-refractivity contribution is 0.0686. The van der Waals surface area contributed by atoms with E-state index in [4.69, 9.17) is 19.1 Å². The van der Waals surface area contributed by atoms with Crippen molar-refractivity contribution in [2.24, 2.45) is 0 Å². The largest absolute Gasteiger partial charge is 0.496 e. The van der Waals surface area contributed by atoms with Crippen LogP contribution in [0.2, 0.25) is 0 Å². The zero-order valence-corrected chi connectivity index (χ0v) is 11.7. The van der Waals surface area contributed by atoms with E-state index in [9.17, 15) is 4.79 Å². The van der Waals surface area contributed by atoms with E-state index >= 15 is 0 Å². The third-order valence-corrected chi connectivity index (χ3v) is 3.09. The normalized spacial score (nSPS) is 10.3. The number of hydrogen-bond donors (Lipinski definition) is 1. The fourth-order valence-corrected chi connectivity index (χ4v) is 2.06. The highest BCUT2D eigenvalue weighted by atomic mass is 79.9. The molecule has 2 aromatic rings. The van der Waals surface area contributed by atoms with Gasteiger partial charge in [0.1, 0.15) is 11.5 Å². The molecule has 0 saturated carbocycles. The van der Waals surface area contributed by atoms with Gasteiger partial charge in [0.15, 0.2) is 11.5 Å². The number of benzene rings is 1. The topological polar surface area (TPSA) is 81.8 Å². The molecule has 0 aliphatic rings. The number of methoxy groups -OCH3 is 2. The molecule has 0 spiro atoms. The Labute approximate surface area is 117 Å². The first kappa shape index (κ1) is 13.4. The molecule has 0 radical (unpaired) electrons. The smallest absolute Gasteiger partial charge is 0.358 e. The molecule has 2 rings (SSSR count). The van der Waals surface area contributed by atoms with Crippen molar-refractivity contribution in [2.75, 3.05) is 14.2 Å². The Hall–Kier alpha value is -2.02. The minimum absolute atomic E-state index is 0.163. The molecule has 0 bridgehead atoms. The molecule has 0 aliphatic heterocycles. The first-order valence-electron chi connectivity index (χ1n) is 5.18. The maximum Gasteiger partial charge on any atom is 0.358 e. The van der Waals surface area contributed by atoms with Crippen LogP contribution < -0.4 is 9.47 Å². The predicted molar refractivity (Wildman–Crippen MR) is 69.7 cm³/mol. The number of aromatic carboxylic acids is 1. The van der Waals surface area contributed by atoms with Crippen molar-refractivity contribution in [2.45, 2.75) is 0 Å². The molecule has 0 amide bonds. The fraction of sp³-hybridized carbons (Fsp3) is 0.167. The zero-order valence-electron chi connectivity index (χ0n) is 10.1. The van der Waals surface area contributed by atoms with Crippen LogP contribution in [0.25, 0.3) is 11.3 Å². The van der Waals surface area contributed by atoms with Crippen molar-refractivity contribution < 1.29 is 23.9 Å². The van der Waals surface area contributed by atoms with Gasteiger partial charge >= 0.3 is 5.97 Å². The van der Waals surface area contributed by atoms with Crippen molar-refractivity contribution in [1.29, 1.82) is 0 Å². The summed E-state index contributed by atoms with van der Waals surface area (Å²) >= 11 is 3.34. The summed E-state index contributed by atoms with van der Waals surface area (Å²) in [6, 6.07) is 4.71. The average molecular weight is 328 g/mol. The minimum Gasteiger partial charge on any atom is -0.496 e. The van der Waals surface area contributed by atoms with Crippen LogP contribution in [-0.4, -0.2) is 30.5 Å². The first-order valence-corrected chi connectivity index (χ1v) is 5.98. The number of carboxylic acid groups (broad SMARTS) is 1. The maximum absolute atomic E-state index is 10.8. The van der Waals surface area contributed by atoms with E-state index in [0.29, 0.717) is 27.3 Å². The van der Waals surface area contributed by atoms with Gasteiger partial charge in [-0.25, -0.2) is 4.79 Å². The van der Waals surface area contributed by atoms with Gasteiger partial charge in [-0.2, -0.15) is 0 Å². The fourth-order valence-electron chi connectivity index (χ4n) is 1.56. The Balaban J connectivity index is 2.53. The van der Waals surface area contributed by atoms with Crippen LogP contribution in [-0.2, 0) is 0 Å². The first-order chi connectivity index (χ1) is 9.06. The molecule has 0 unspecified atom stereocenters. The number of nitrogens with zero attached hydrogens (tertiary/aromatic N) is 1. The summed E-state index contributed by atoms with van der Waals surface area (Å²) < 4.78 is 16.1. The van der Waals surface area contributed by atoms with Crippen LogP contribution in [0.5, 0.6) is 11.5 Å². The number of carboxylic acids is 1. The second kappa shape index (κ2) is 5.31. The number of ether oxygens (including phenoxy) is 2. The Morgan fingerprint density at radius 2 is 1.95 bits per heavy atom. The lowest BCUT2D eigenvalue weighted by Gasteiger charge is -2.09. The molecule has 100 valence electrons. The molecule has 0 saturated heterocycles. The highest BCUT2D eigenvalue weighted by molar-refractivity contribution is 9.10. The van der Waals surface area contributed by atoms with Crippen LogP contribution in [0.4, 0.5) is 0 Å². The predicted octanol–water partition coefficient (Wildman–Crippen LogP) is 2.82. The number of rotatable bonds is 4. The van der Waals surface area contributed by atoms with E-state index in [1.165, 1.54) is 20.3 Å². The van der Waals surface area contributed by atoms with Crippen LogP contribution in [0.15, 0.2) is 27.2 Å².